The van der Waals surface area contributed by atoms with Crippen LogP contribution in [0.5, 0.6) is 0 Å². The van der Waals surface area contributed by atoms with Crippen molar-refractivity contribution in [3.8, 4) is 11.4 Å². The Hall–Kier alpha value is -3.28. The van der Waals surface area contributed by atoms with Crippen LogP contribution in [-0.4, -0.2) is 14.7 Å². The summed E-state index contributed by atoms with van der Waals surface area (Å²) in [5.74, 6) is -2.28. The Labute approximate surface area is 155 Å². The second-order valence-electron chi connectivity index (χ2n) is 6.30. The Balaban J connectivity index is 1.70. The van der Waals surface area contributed by atoms with Crippen molar-refractivity contribution in [1.29, 1.82) is 0 Å². The first-order valence-corrected chi connectivity index (χ1v) is 8.52. The largest absolute Gasteiger partial charge is 0.407 e. The minimum atomic E-state index is -2.89. The second-order valence-corrected chi connectivity index (χ2v) is 6.30. The number of rotatable bonds is 5. The van der Waals surface area contributed by atoms with Gasteiger partial charge in [-0.3, -0.25) is 0 Å². The predicted octanol–water partition coefficient (Wildman–Crippen LogP) is 4.84. The third-order valence-corrected chi connectivity index (χ3v) is 4.22. The molecule has 2 aromatic heterocycles. The summed E-state index contributed by atoms with van der Waals surface area (Å²) in [5.41, 5.74) is 2.77. The normalized spacial score (nSPS) is 11.7. The van der Waals surface area contributed by atoms with Crippen LogP contribution < -0.4 is 4.84 Å². The molecule has 0 saturated carbocycles. The van der Waals surface area contributed by atoms with E-state index >= 15 is 0 Å². The van der Waals surface area contributed by atoms with Crippen LogP contribution >= 0.6 is 0 Å². The molecule has 136 valence electrons. The number of pyridine rings is 1. The molecule has 0 atom stereocenters. The molecule has 0 radical (unpaired) electrons. The van der Waals surface area contributed by atoms with Gasteiger partial charge < -0.3 is 4.84 Å². The van der Waals surface area contributed by atoms with Crippen molar-refractivity contribution in [3.63, 3.8) is 0 Å². The Bertz CT molecular complexity index is 1070. The number of imidazole rings is 1. The van der Waals surface area contributed by atoms with E-state index in [4.69, 9.17) is 4.84 Å². The van der Waals surface area contributed by atoms with Gasteiger partial charge in [-0.25, -0.2) is 18.7 Å². The van der Waals surface area contributed by atoms with Gasteiger partial charge in [0, 0.05) is 24.2 Å². The van der Waals surface area contributed by atoms with E-state index in [1.807, 2.05) is 36.4 Å². The molecule has 0 aliphatic heterocycles. The number of nitrogens with zero attached hydrogens (tertiary/aromatic N) is 3. The number of benzene rings is 2. The first-order valence-electron chi connectivity index (χ1n) is 8.52. The van der Waals surface area contributed by atoms with Crippen LogP contribution in [0.1, 0.15) is 18.1 Å². The average Bonchev–Trinajstić information content (AvgIpc) is 3.05. The Kier molecular flexibility index (Phi) is 4.32. The van der Waals surface area contributed by atoms with Gasteiger partial charge in [0.2, 0.25) is 0 Å². The highest BCUT2D eigenvalue weighted by Gasteiger charge is 2.24. The minimum Gasteiger partial charge on any atom is -0.407 e. The van der Waals surface area contributed by atoms with Gasteiger partial charge in [-0.05, 0) is 23.8 Å². The van der Waals surface area contributed by atoms with Gasteiger partial charge in [-0.1, -0.05) is 48.5 Å². The monoisotopic (exact) mass is 365 g/mol. The lowest BCUT2D eigenvalue weighted by molar-refractivity contribution is 0.0172. The molecule has 6 heteroatoms. The smallest absolute Gasteiger partial charge is 0.270 e. The van der Waals surface area contributed by atoms with Crippen LogP contribution in [0.3, 0.4) is 0 Å². The summed E-state index contributed by atoms with van der Waals surface area (Å²) in [6, 6.07) is 19.5. The molecular weight excluding hydrogens is 348 g/mol. The van der Waals surface area contributed by atoms with Crippen molar-refractivity contribution in [2.24, 2.45) is 0 Å². The SMILES string of the molecule is CC(F)(F)c1cccc(COn2c(-c3ccccc3)nc3ncccc32)c1. The molecule has 27 heavy (non-hydrogen) atoms. The third kappa shape index (κ3) is 3.51. The molecule has 0 amide bonds. The maximum atomic E-state index is 13.6. The van der Waals surface area contributed by atoms with Gasteiger partial charge in [0.25, 0.3) is 5.92 Å². The summed E-state index contributed by atoms with van der Waals surface area (Å²) in [6.45, 7) is 1.01. The lowest BCUT2D eigenvalue weighted by Crippen LogP contribution is -2.14. The summed E-state index contributed by atoms with van der Waals surface area (Å²) in [4.78, 5) is 14.8. The van der Waals surface area contributed by atoms with Crippen LogP contribution in [0, 0.1) is 0 Å². The highest BCUT2D eigenvalue weighted by molar-refractivity contribution is 5.76. The van der Waals surface area contributed by atoms with E-state index < -0.39 is 5.92 Å². The molecule has 0 unspecified atom stereocenters. The van der Waals surface area contributed by atoms with E-state index in [1.165, 1.54) is 12.1 Å². The molecule has 4 nitrogen and oxygen atoms in total. The lowest BCUT2D eigenvalue weighted by Gasteiger charge is -2.14. The van der Waals surface area contributed by atoms with Crippen molar-refractivity contribution in [3.05, 3.63) is 84.1 Å². The Morgan fingerprint density at radius 3 is 2.59 bits per heavy atom. The molecule has 4 rings (SSSR count). The number of alkyl halides is 2. The Morgan fingerprint density at radius 2 is 1.81 bits per heavy atom. The summed E-state index contributed by atoms with van der Waals surface area (Å²) in [5, 5.41) is 0. The van der Waals surface area contributed by atoms with Gasteiger partial charge in [0.05, 0.1) is 0 Å². The lowest BCUT2D eigenvalue weighted by atomic mass is 10.1. The van der Waals surface area contributed by atoms with Crippen LogP contribution in [0.4, 0.5) is 8.78 Å². The van der Waals surface area contributed by atoms with Crippen molar-refractivity contribution in [1.82, 2.24) is 14.7 Å². The first-order chi connectivity index (χ1) is 13.0. The minimum absolute atomic E-state index is 0.0379. The molecule has 2 aromatic carbocycles. The molecule has 0 spiro atoms. The molecule has 0 aliphatic rings. The fourth-order valence-corrected chi connectivity index (χ4v) is 2.87. The van der Waals surface area contributed by atoms with Gasteiger partial charge in [0.15, 0.2) is 11.5 Å². The number of hydrogen-bond donors (Lipinski definition) is 0. The van der Waals surface area contributed by atoms with Crippen LogP contribution in [0.2, 0.25) is 0 Å². The van der Waals surface area contributed by atoms with E-state index in [-0.39, 0.29) is 12.2 Å². The molecule has 0 bridgehead atoms. The maximum Gasteiger partial charge on any atom is 0.270 e. The standard InChI is InChI=1S/C21H17F2N3O/c1-21(22,23)17-10-5-7-15(13-17)14-27-26-18-11-6-12-24-19(18)25-20(26)16-8-3-2-4-9-16/h2-13H,14H2,1H3. The molecule has 0 N–H and O–H groups in total. The average molecular weight is 365 g/mol. The van der Waals surface area contributed by atoms with Crippen molar-refractivity contribution >= 4 is 11.2 Å². The number of hydrogen-bond acceptors (Lipinski definition) is 3. The zero-order valence-corrected chi connectivity index (χ0v) is 14.6. The van der Waals surface area contributed by atoms with Crippen molar-refractivity contribution in [2.75, 3.05) is 0 Å². The molecule has 0 saturated heterocycles. The van der Waals surface area contributed by atoms with Gasteiger partial charge in [-0.15, -0.1) is 0 Å². The van der Waals surface area contributed by atoms with Crippen LogP contribution in [0.15, 0.2) is 72.9 Å². The van der Waals surface area contributed by atoms with E-state index in [0.717, 1.165) is 12.5 Å². The highest BCUT2D eigenvalue weighted by Crippen LogP contribution is 2.28. The molecule has 2 heterocycles. The van der Waals surface area contributed by atoms with Gasteiger partial charge >= 0.3 is 0 Å². The van der Waals surface area contributed by atoms with E-state index in [2.05, 4.69) is 9.97 Å². The van der Waals surface area contributed by atoms with Gasteiger partial charge in [0.1, 0.15) is 12.1 Å². The molecular formula is C21H17F2N3O. The number of aromatic nitrogens is 3. The quantitative estimate of drug-likeness (QED) is 0.508. The van der Waals surface area contributed by atoms with E-state index in [9.17, 15) is 8.78 Å². The summed E-state index contributed by atoms with van der Waals surface area (Å²) < 4.78 is 28.8. The first kappa shape index (κ1) is 17.1. The van der Waals surface area contributed by atoms with Crippen molar-refractivity contribution in [2.45, 2.75) is 19.5 Å². The van der Waals surface area contributed by atoms with Crippen molar-refractivity contribution < 1.29 is 13.6 Å². The number of fused-ring (bicyclic) bond motifs is 1. The topological polar surface area (TPSA) is 39.9 Å². The molecule has 0 aliphatic carbocycles. The molecule has 0 fully saturated rings. The number of halogens is 2. The zero-order chi connectivity index (χ0) is 18.9. The summed E-state index contributed by atoms with van der Waals surface area (Å²) in [6.07, 6.45) is 1.67. The van der Waals surface area contributed by atoms with E-state index in [0.29, 0.717) is 22.6 Å². The van der Waals surface area contributed by atoms with Gasteiger partial charge in [-0.2, -0.15) is 4.73 Å². The zero-order valence-electron chi connectivity index (χ0n) is 14.6. The fourth-order valence-electron chi connectivity index (χ4n) is 2.87. The fraction of sp³-hybridized carbons (Fsp3) is 0.143. The highest BCUT2D eigenvalue weighted by atomic mass is 19.3. The third-order valence-electron chi connectivity index (χ3n) is 4.22. The van der Waals surface area contributed by atoms with Crippen LogP contribution in [-0.2, 0) is 12.5 Å². The predicted molar refractivity (Wildman–Crippen MR) is 99.3 cm³/mol. The Morgan fingerprint density at radius 1 is 1.00 bits per heavy atom. The molecule has 4 aromatic rings. The van der Waals surface area contributed by atoms with E-state index in [1.54, 1.807) is 29.1 Å². The summed E-state index contributed by atoms with van der Waals surface area (Å²) in [7, 11) is 0. The van der Waals surface area contributed by atoms with Crippen LogP contribution in [0.25, 0.3) is 22.6 Å². The summed E-state index contributed by atoms with van der Waals surface area (Å²) >= 11 is 0. The maximum absolute atomic E-state index is 13.6. The second kappa shape index (κ2) is 6.79.